The van der Waals surface area contributed by atoms with E-state index < -0.39 is 0 Å². The van der Waals surface area contributed by atoms with E-state index in [1.807, 2.05) is 26.0 Å². The molecule has 0 heterocycles. The molecule has 0 aliphatic heterocycles. The summed E-state index contributed by atoms with van der Waals surface area (Å²) in [5.41, 5.74) is 1.26. The first-order chi connectivity index (χ1) is 9.11. The van der Waals surface area contributed by atoms with E-state index in [1.165, 1.54) is 5.56 Å². The molecule has 0 spiro atoms. The van der Waals surface area contributed by atoms with Gasteiger partial charge in [0.1, 0.15) is 5.75 Å². The Kier molecular flexibility index (Phi) is 6.97. The van der Waals surface area contributed by atoms with Crippen molar-refractivity contribution in [2.24, 2.45) is 0 Å². The maximum Gasteiger partial charge on any atom is 0.221 e. The highest BCUT2D eigenvalue weighted by molar-refractivity contribution is 5.76. The van der Waals surface area contributed by atoms with Gasteiger partial charge in [-0.15, -0.1) is 0 Å². The second-order valence-corrected chi connectivity index (χ2v) is 4.82. The fourth-order valence-electron chi connectivity index (χ4n) is 1.75. The van der Waals surface area contributed by atoms with Crippen molar-refractivity contribution in [1.29, 1.82) is 0 Å². The smallest absolute Gasteiger partial charge is 0.221 e. The monoisotopic (exact) mass is 264 g/mol. The summed E-state index contributed by atoms with van der Waals surface area (Å²) in [6, 6.07) is 8.27. The van der Waals surface area contributed by atoms with Crippen LogP contribution in [0, 0.1) is 0 Å². The van der Waals surface area contributed by atoms with Crippen LogP contribution in [0.3, 0.4) is 0 Å². The molecule has 0 atom stereocenters. The highest BCUT2D eigenvalue weighted by Gasteiger charge is 2.02. The van der Waals surface area contributed by atoms with Crippen LogP contribution in [0.2, 0.25) is 0 Å². The van der Waals surface area contributed by atoms with Crippen LogP contribution in [0.5, 0.6) is 5.75 Å². The lowest BCUT2D eigenvalue weighted by atomic mass is 10.1. The van der Waals surface area contributed by atoms with Crippen LogP contribution in [-0.2, 0) is 11.2 Å². The standard InChI is InChI=1S/C15H24N2O2/c1-12(2)17-15(18)9-11-16-10-8-13-4-6-14(19-3)7-5-13/h4-7,12,16H,8-11H2,1-3H3,(H,17,18). The quantitative estimate of drug-likeness (QED) is 0.703. The normalized spacial score (nSPS) is 10.5. The summed E-state index contributed by atoms with van der Waals surface area (Å²) in [7, 11) is 1.67. The van der Waals surface area contributed by atoms with Crippen molar-refractivity contribution in [3.8, 4) is 5.75 Å². The van der Waals surface area contributed by atoms with Gasteiger partial charge in [0.05, 0.1) is 7.11 Å². The average molecular weight is 264 g/mol. The highest BCUT2D eigenvalue weighted by atomic mass is 16.5. The van der Waals surface area contributed by atoms with Gasteiger partial charge >= 0.3 is 0 Å². The van der Waals surface area contributed by atoms with Gasteiger partial charge in [-0.3, -0.25) is 4.79 Å². The molecule has 106 valence electrons. The molecule has 1 aromatic rings. The minimum Gasteiger partial charge on any atom is -0.497 e. The predicted molar refractivity (Wildman–Crippen MR) is 77.5 cm³/mol. The number of nitrogens with one attached hydrogen (secondary N) is 2. The molecule has 4 nitrogen and oxygen atoms in total. The summed E-state index contributed by atoms with van der Waals surface area (Å²) >= 11 is 0. The fourth-order valence-corrected chi connectivity index (χ4v) is 1.75. The molecule has 0 aliphatic rings. The summed E-state index contributed by atoms with van der Waals surface area (Å²) < 4.78 is 5.11. The molecule has 1 rings (SSSR count). The Morgan fingerprint density at radius 3 is 2.47 bits per heavy atom. The molecule has 0 fully saturated rings. The van der Waals surface area contributed by atoms with Crippen LogP contribution >= 0.6 is 0 Å². The number of carbonyl (C=O) groups is 1. The van der Waals surface area contributed by atoms with Gasteiger partial charge in [0, 0.05) is 19.0 Å². The van der Waals surface area contributed by atoms with Gasteiger partial charge in [0.15, 0.2) is 0 Å². The van der Waals surface area contributed by atoms with Crippen LogP contribution in [0.25, 0.3) is 0 Å². The molecule has 0 aliphatic carbocycles. The number of carbonyl (C=O) groups excluding carboxylic acids is 1. The largest absolute Gasteiger partial charge is 0.497 e. The molecule has 4 heteroatoms. The van der Waals surface area contributed by atoms with E-state index >= 15 is 0 Å². The zero-order chi connectivity index (χ0) is 14.1. The van der Waals surface area contributed by atoms with Crippen molar-refractivity contribution < 1.29 is 9.53 Å². The van der Waals surface area contributed by atoms with Crippen molar-refractivity contribution >= 4 is 5.91 Å². The molecular weight excluding hydrogens is 240 g/mol. The molecule has 1 aromatic carbocycles. The molecular formula is C15H24N2O2. The lowest BCUT2D eigenvalue weighted by molar-refractivity contribution is -0.121. The first kappa shape index (κ1) is 15.5. The van der Waals surface area contributed by atoms with Crippen LogP contribution in [-0.4, -0.2) is 32.1 Å². The molecule has 0 aromatic heterocycles. The van der Waals surface area contributed by atoms with Gasteiger partial charge in [-0.1, -0.05) is 12.1 Å². The van der Waals surface area contributed by atoms with E-state index in [0.29, 0.717) is 13.0 Å². The van der Waals surface area contributed by atoms with Crippen molar-refractivity contribution in [1.82, 2.24) is 10.6 Å². The molecule has 2 N–H and O–H groups in total. The Morgan fingerprint density at radius 2 is 1.89 bits per heavy atom. The third-order valence-electron chi connectivity index (χ3n) is 2.73. The van der Waals surface area contributed by atoms with Crippen molar-refractivity contribution in [3.63, 3.8) is 0 Å². The molecule has 0 saturated carbocycles. The second kappa shape index (κ2) is 8.53. The predicted octanol–water partition coefficient (Wildman–Crippen LogP) is 1.74. The summed E-state index contributed by atoms with van der Waals surface area (Å²) in [5, 5.41) is 6.15. The maximum atomic E-state index is 11.4. The number of amides is 1. The van der Waals surface area contributed by atoms with E-state index in [0.717, 1.165) is 18.7 Å². The average Bonchev–Trinajstić information content (AvgIpc) is 2.38. The van der Waals surface area contributed by atoms with E-state index in [-0.39, 0.29) is 11.9 Å². The van der Waals surface area contributed by atoms with Crippen LogP contribution < -0.4 is 15.4 Å². The van der Waals surface area contributed by atoms with Gasteiger partial charge in [0.25, 0.3) is 0 Å². The number of rotatable bonds is 8. The van der Waals surface area contributed by atoms with Gasteiger partial charge in [-0.25, -0.2) is 0 Å². The van der Waals surface area contributed by atoms with Gasteiger partial charge in [-0.05, 0) is 44.5 Å². The third kappa shape index (κ3) is 6.82. The van der Waals surface area contributed by atoms with E-state index in [2.05, 4.69) is 22.8 Å². The number of hydrogen-bond acceptors (Lipinski definition) is 3. The zero-order valence-corrected chi connectivity index (χ0v) is 12.0. The molecule has 0 bridgehead atoms. The Balaban J connectivity index is 2.11. The lowest BCUT2D eigenvalue weighted by Gasteiger charge is -2.09. The van der Waals surface area contributed by atoms with Gasteiger partial charge in [0.2, 0.25) is 5.91 Å². The molecule has 19 heavy (non-hydrogen) atoms. The fraction of sp³-hybridized carbons (Fsp3) is 0.533. The maximum absolute atomic E-state index is 11.4. The van der Waals surface area contributed by atoms with Crippen molar-refractivity contribution in [2.45, 2.75) is 32.7 Å². The lowest BCUT2D eigenvalue weighted by Crippen LogP contribution is -2.32. The SMILES string of the molecule is COc1ccc(CCNCCC(=O)NC(C)C)cc1. The number of methoxy groups -OCH3 is 1. The van der Waals surface area contributed by atoms with E-state index in [9.17, 15) is 4.79 Å². The number of hydrogen-bond donors (Lipinski definition) is 2. The van der Waals surface area contributed by atoms with Gasteiger partial charge < -0.3 is 15.4 Å². The minimum atomic E-state index is 0.104. The van der Waals surface area contributed by atoms with E-state index in [1.54, 1.807) is 7.11 Å². The Bertz CT molecular complexity index is 374. The number of benzene rings is 1. The third-order valence-corrected chi connectivity index (χ3v) is 2.73. The van der Waals surface area contributed by atoms with Crippen molar-refractivity contribution in [2.75, 3.05) is 20.2 Å². The van der Waals surface area contributed by atoms with E-state index in [4.69, 9.17) is 4.74 Å². The Morgan fingerprint density at radius 1 is 1.21 bits per heavy atom. The van der Waals surface area contributed by atoms with Crippen LogP contribution in [0.4, 0.5) is 0 Å². The molecule has 0 unspecified atom stereocenters. The highest BCUT2D eigenvalue weighted by Crippen LogP contribution is 2.11. The van der Waals surface area contributed by atoms with Crippen LogP contribution in [0.1, 0.15) is 25.8 Å². The first-order valence-corrected chi connectivity index (χ1v) is 6.75. The minimum absolute atomic E-state index is 0.104. The number of ether oxygens (including phenoxy) is 1. The van der Waals surface area contributed by atoms with Crippen molar-refractivity contribution in [3.05, 3.63) is 29.8 Å². The first-order valence-electron chi connectivity index (χ1n) is 6.75. The summed E-state index contributed by atoms with van der Waals surface area (Å²) in [6.45, 7) is 5.53. The molecule has 0 radical (unpaired) electrons. The topological polar surface area (TPSA) is 50.4 Å². The Hall–Kier alpha value is -1.55. The van der Waals surface area contributed by atoms with Gasteiger partial charge in [-0.2, -0.15) is 0 Å². The summed E-state index contributed by atoms with van der Waals surface area (Å²) in [5.74, 6) is 0.981. The zero-order valence-electron chi connectivity index (χ0n) is 12.0. The second-order valence-electron chi connectivity index (χ2n) is 4.82. The Labute approximate surface area is 115 Å². The molecule has 0 saturated heterocycles. The molecule has 1 amide bonds. The summed E-state index contributed by atoms with van der Waals surface area (Å²) in [6.07, 6.45) is 1.48. The summed E-state index contributed by atoms with van der Waals surface area (Å²) in [4.78, 5) is 11.4. The van der Waals surface area contributed by atoms with Crippen LogP contribution in [0.15, 0.2) is 24.3 Å².